The average molecular weight is 229 g/mol. The molecule has 1 rings (SSSR count). The third-order valence-corrected chi connectivity index (χ3v) is 2.71. The van der Waals surface area contributed by atoms with Crippen LogP contribution in [0.4, 0.5) is 8.78 Å². The Hall–Kier alpha value is -1.49. The lowest BCUT2D eigenvalue weighted by atomic mass is 9.91. The normalized spacial score (nSPS) is 14.6. The van der Waals surface area contributed by atoms with Crippen molar-refractivity contribution < 1.29 is 18.7 Å². The van der Waals surface area contributed by atoms with Gasteiger partial charge in [-0.05, 0) is 38.6 Å². The maximum Gasteiger partial charge on any atom is 0.328 e. The minimum atomic E-state index is -1.64. The molecule has 0 fully saturated rings. The summed E-state index contributed by atoms with van der Waals surface area (Å²) in [7, 11) is 1.38. The molecule has 1 atom stereocenters. The van der Waals surface area contributed by atoms with E-state index in [2.05, 4.69) is 5.32 Å². The first-order valence-electron chi connectivity index (χ1n) is 4.71. The van der Waals surface area contributed by atoms with Crippen molar-refractivity contribution in [3.63, 3.8) is 0 Å². The Morgan fingerprint density at radius 1 is 1.38 bits per heavy atom. The van der Waals surface area contributed by atoms with E-state index in [-0.39, 0.29) is 11.1 Å². The fourth-order valence-electron chi connectivity index (χ4n) is 1.39. The fourth-order valence-corrected chi connectivity index (χ4v) is 1.39. The number of likely N-dealkylation sites (N-methyl/N-ethyl adjacent to an activating group) is 1. The maximum absolute atomic E-state index is 13.6. The van der Waals surface area contributed by atoms with Crippen LogP contribution < -0.4 is 5.32 Å². The quantitative estimate of drug-likeness (QED) is 0.830. The van der Waals surface area contributed by atoms with Crippen LogP contribution in [0, 0.1) is 18.6 Å². The Kier molecular flexibility index (Phi) is 3.28. The third kappa shape index (κ3) is 1.90. The van der Waals surface area contributed by atoms with Crippen molar-refractivity contribution in [2.75, 3.05) is 7.05 Å². The lowest BCUT2D eigenvalue weighted by molar-refractivity contribution is -0.144. The van der Waals surface area contributed by atoms with Gasteiger partial charge in [-0.15, -0.1) is 0 Å². The molecular formula is C11H13F2NO2. The van der Waals surface area contributed by atoms with E-state index in [4.69, 9.17) is 5.11 Å². The Labute approximate surface area is 92.1 Å². The van der Waals surface area contributed by atoms with E-state index in [1.807, 2.05) is 0 Å². The molecule has 0 aliphatic rings. The van der Waals surface area contributed by atoms with Crippen molar-refractivity contribution in [2.45, 2.75) is 19.4 Å². The van der Waals surface area contributed by atoms with Gasteiger partial charge in [-0.3, -0.25) is 0 Å². The zero-order valence-electron chi connectivity index (χ0n) is 9.27. The zero-order chi connectivity index (χ0) is 12.5. The minimum absolute atomic E-state index is 0.144. The number of carboxylic acids is 1. The first kappa shape index (κ1) is 12.6. The SMILES string of the molecule is CNC(C)(C(=O)O)c1cc(F)c(C)cc1F. The Morgan fingerprint density at radius 2 is 1.94 bits per heavy atom. The van der Waals surface area contributed by atoms with Crippen LogP contribution in [0.1, 0.15) is 18.1 Å². The summed E-state index contributed by atoms with van der Waals surface area (Å²) < 4.78 is 26.9. The van der Waals surface area contributed by atoms with Gasteiger partial charge < -0.3 is 10.4 Å². The number of nitrogens with one attached hydrogen (secondary N) is 1. The number of hydrogen-bond donors (Lipinski definition) is 2. The van der Waals surface area contributed by atoms with E-state index in [1.165, 1.54) is 20.9 Å². The van der Waals surface area contributed by atoms with Gasteiger partial charge in [0.15, 0.2) is 0 Å². The molecule has 3 nitrogen and oxygen atoms in total. The first-order valence-corrected chi connectivity index (χ1v) is 4.71. The van der Waals surface area contributed by atoms with E-state index in [1.54, 1.807) is 0 Å². The second-order valence-corrected chi connectivity index (χ2v) is 3.76. The summed E-state index contributed by atoms with van der Waals surface area (Å²) >= 11 is 0. The van der Waals surface area contributed by atoms with Gasteiger partial charge in [0.05, 0.1) is 0 Å². The molecule has 1 aromatic carbocycles. The standard InChI is InChI=1S/C11H13F2NO2/c1-6-4-9(13)7(5-8(6)12)11(2,14-3)10(15)16/h4-5,14H,1-3H3,(H,15,16). The molecule has 5 heteroatoms. The molecule has 88 valence electrons. The van der Waals surface area contributed by atoms with Gasteiger partial charge in [0.25, 0.3) is 0 Å². The van der Waals surface area contributed by atoms with Gasteiger partial charge in [0, 0.05) is 5.56 Å². The van der Waals surface area contributed by atoms with Crippen molar-refractivity contribution >= 4 is 5.97 Å². The number of aryl methyl sites for hydroxylation is 1. The molecule has 0 spiro atoms. The van der Waals surface area contributed by atoms with E-state index in [0.29, 0.717) is 0 Å². The predicted molar refractivity (Wildman–Crippen MR) is 55.1 cm³/mol. The van der Waals surface area contributed by atoms with E-state index >= 15 is 0 Å². The van der Waals surface area contributed by atoms with Crippen molar-refractivity contribution in [2.24, 2.45) is 0 Å². The fraction of sp³-hybridized carbons (Fsp3) is 0.364. The summed E-state index contributed by atoms with van der Waals surface area (Å²) in [5.41, 5.74) is -1.71. The van der Waals surface area contributed by atoms with Gasteiger partial charge in [-0.2, -0.15) is 0 Å². The smallest absolute Gasteiger partial charge is 0.328 e. The summed E-state index contributed by atoms with van der Waals surface area (Å²) in [6.07, 6.45) is 0. The summed E-state index contributed by atoms with van der Waals surface area (Å²) in [5.74, 6) is -2.63. The minimum Gasteiger partial charge on any atom is -0.480 e. The number of carbonyl (C=O) groups is 1. The van der Waals surface area contributed by atoms with Crippen molar-refractivity contribution in [1.29, 1.82) is 0 Å². The molecule has 0 saturated carbocycles. The molecule has 0 radical (unpaired) electrons. The van der Waals surface area contributed by atoms with E-state index in [9.17, 15) is 13.6 Å². The highest BCUT2D eigenvalue weighted by Crippen LogP contribution is 2.26. The number of carboxylic acid groups (broad SMARTS) is 1. The number of halogens is 2. The molecule has 0 aromatic heterocycles. The molecular weight excluding hydrogens is 216 g/mol. The number of rotatable bonds is 3. The first-order chi connectivity index (χ1) is 7.32. The van der Waals surface area contributed by atoms with Crippen LogP contribution >= 0.6 is 0 Å². The number of benzene rings is 1. The van der Waals surface area contributed by atoms with Gasteiger partial charge >= 0.3 is 5.97 Å². The Balaban J connectivity index is 3.42. The second kappa shape index (κ2) is 4.17. The lowest BCUT2D eigenvalue weighted by Crippen LogP contribution is -2.45. The van der Waals surface area contributed by atoms with Gasteiger partial charge in [-0.1, -0.05) is 0 Å². The zero-order valence-corrected chi connectivity index (χ0v) is 9.27. The monoisotopic (exact) mass is 229 g/mol. The van der Waals surface area contributed by atoms with Crippen LogP contribution in [0.5, 0.6) is 0 Å². The van der Waals surface area contributed by atoms with Crippen molar-refractivity contribution in [1.82, 2.24) is 5.32 Å². The predicted octanol–water partition coefficient (Wildman–Crippen LogP) is 1.79. The van der Waals surface area contributed by atoms with Gasteiger partial charge in [0.2, 0.25) is 0 Å². The molecule has 0 bridgehead atoms. The highest BCUT2D eigenvalue weighted by atomic mass is 19.1. The third-order valence-electron chi connectivity index (χ3n) is 2.71. The van der Waals surface area contributed by atoms with E-state index in [0.717, 1.165) is 12.1 Å². The summed E-state index contributed by atoms with van der Waals surface area (Å²) in [4.78, 5) is 11.0. The molecule has 0 heterocycles. The average Bonchev–Trinajstić information content (AvgIpc) is 2.22. The summed E-state index contributed by atoms with van der Waals surface area (Å²) in [6, 6.07) is 1.90. The molecule has 16 heavy (non-hydrogen) atoms. The Morgan fingerprint density at radius 3 is 2.38 bits per heavy atom. The van der Waals surface area contributed by atoms with Crippen LogP contribution in [0.3, 0.4) is 0 Å². The molecule has 0 aliphatic carbocycles. The molecule has 0 saturated heterocycles. The van der Waals surface area contributed by atoms with Crippen LogP contribution in [-0.4, -0.2) is 18.1 Å². The topological polar surface area (TPSA) is 49.3 Å². The molecule has 0 aliphatic heterocycles. The molecule has 1 unspecified atom stereocenters. The van der Waals surface area contributed by atoms with Crippen molar-refractivity contribution in [3.05, 3.63) is 34.9 Å². The highest BCUT2D eigenvalue weighted by Gasteiger charge is 2.36. The van der Waals surface area contributed by atoms with Crippen LogP contribution in [0.2, 0.25) is 0 Å². The summed E-state index contributed by atoms with van der Waals surface area (Å²) in [5, 5.41) is 11.5. The van der Waals surface area contributed by atoms with Crippen molar-refractivity contribution in [3.8, 4) is 0 Å². The Bertz CT molecular complexity index is 434. The molecule has 2 N–H and O–H groups in total. The van der Waals surface area contributed by atoms with Gasteiger partial charge in [0.1, 0.15) is 17.2 Å². The van der Waals surface area contributed by atoms with E-state index < -0.39 is 23.1 Å². The number of aliphatic carboxylic acids is 1. The van der Waals surface area contributed by atoms with Crippen LogP contribution in [0.25, 0.3) is 0 Å². The molecule has 1 aromatic rings. The molecule has 0 amide bonds. The second-order valence-electron chi connectivity index (χ2n) is 3.76. The van der Waals surface area contributed by atoms with Crippen LogP contribution in [0.15, 0.2) is 12.1 Å². The number of hydrogen-bond acceptors (Lipinski definition) is 2. The van der Waals surface area contributed by atoms with Crippen LogP contribution in [-0.2, 0) is 10.3 Å². The highest BCUT2D eigenvalue weighted by molar-refractivity contribution is 5.80. The van der Waals surface area contributed by atoms with Gasteiger partial charge in [-0.25, -0.2) is 13.6 Å². The lowest BCUT2D eigenvalue weighted by Gasteiger charge is -2.25. The maximum atomic E-state index is 13.6. The summed E-state index contributed by atoms with van der Waals surface area (Å²) in [6.45, 7) is 2.70. The largest absolute Gasteiger partial charge is 0.480 e.